The van der Waals surface area contributed by atoms with Gasteiger partial charge in [-0.2, -0.15) is 0 Å². The lowest BCUT2D eigenvalue weighted by Gasteiger charge is -2.30. The Morgan fingerprint density at radius 1 is 1.43 bits per heavy atom. The summed E-state index contributed by atoms with van der Waals surface area (Å²) in [5.41, 5.74) is 5.47. The van der Waals surface area contributed by atoms with E-state index in [1.165, 1.54) is 6.26 Å². The number of hydrogen-bond donors (Lipinski definition) is 3. The Bertz CT molecular complexity index is 470. The smallest absolute Gasteiger partial charge is 0.287 e. The van der Waals surface area contributed by atoms with Gasteiger partial charge in [0.2, 0.25) is 5.91 Å². The van der Waals surface area contributed by atoms with Crippen LogP contribution in [0.15, 0.2) is 22.8 Å². The maximum atomic E-state index is 12.2. The largest absolute Gasteiger partial charge is 0.459 e. The fourth-order valence-electron chi connectivity index (χ4n) is 2.54. The minimum atomic E-state index is -0.628. The standard InChI is InChI=1S/C14H21N3O3.ClH/c1-10(16-13(19)11-5-4-8-20-11)12(18)17-14(9-15)6-2-3-7-14;/h4-5,8,10H,2-3,6-7,9,15H2,1H3,(H,16,19)(H,17,18);1H. The quantitative estimate of drug-likeness (QED) is 0.760. The van der Waals surface area contributed by atoms with Gasteiger partial charge in [-0.05, 0) is 31.9 Å². The summed E-state index contributed by atoms with van der Waals surface area (Å²) in [5.74, 6) is -0.415. The summed E-state index contributed by atoms with van der Waals surface area (Å²) < 4.78 is 4.99. The normalized spacial score (nSPS) is 17.6. The van der Waals surface area contributed by atoms with Gasteiger partial charge < -0.3 is 20.8 Å². The maximum absolute atomic E-state index is 12.2. The Balaban J connectivity index is 0.00000220. The predicted molar refractivity (Wildman–Crippen MR) is 81.3 cm³/mol. The van der Waals surface area contributed by atoms with Crippen molar-refractivity contribution in [3.05, 3.63) is 24.2 Å². The van der Waals surface area contributed by atoms with Gasteiger partial charge in [-0.15, -0.1) is 12.4 Å². The molecule has 1 aliphatic rings. The molecule has 7 heteroatoms. The van der Waals surface area contributed by atoms with Gasteiger partial charge in [0.15, 0.2) is 5.76 Å². The van der Waals surface area contributed by atoms with E-state index in [4.69, 9.17) is 10.2 Å². The first-order valence-electron chi connectivity index (χ1n) is 6.93. The Morgan fingerprint density at radius 3 is 2.62 bits per heavy atom. The van der Waals surface area contributed by atoms with Crippen LogP contribution in [0.2, 0.25) is 0 Å². The Morgan fingerprint density at radius 2 is 2.10 bits per heavy atom. The first-order valence-corrected chi connectivity index (χ1v) is 6.93. The Hall–Kier alpha value is -1.53. The molecule has 1 unspecified atom stereocenters. The van der Waals surface area contributed by atoms with Crippen LogP contribution >= 0.6 is 12.4 Å². The molecule has 0 bridgehead atoms. The van der Waals surface area contributed by atoms with E-state index in [1.807, 2.05) is 0 Å². The summed E-state index contributed by atoms with van der Waals surface area (Å²) in [5, 5.41) is 5.59. The zero-order chi connectivity index (χ0) is 14.6. The molecular weight excluding hydrogens is 294 g/mol. The second-order valence-corrected chi connectivity index (χ2v) is 5.35. The molecule has 118 valence electrons. The minimum absolute atomic E-state index is 0. The van der Waals surface area contributed by atoms with Crippen molar-refractivity contribution in [2.75, 3.05) is 6.54 Å². The van der Waals surface area contributed by atoms with E-state index in [2.05, 4.69) is 10.6 Å². The molecule has 1 aliphatic carbocycles. The zero-order valence-corrected chi connectivity index (χ0v) is 12.9. The highest BCUT2D eigenvalue weighted by Crippen LogP contribution is 2.28. The van der Waals surface area contributed by atoms with Gasteiger partial charge in [0.05, 0.1) is 11.8 Å². The number of carbonyl (C=O) groups is 2. The van der Waals surface area contributed by atoms with Gasteiger partial charge in [-0.25, -0.2) is 0 Å². The van der Waals surface area contributed by atoms with Gasteiger partial charge in [-0.3, -0.25) is 9.59 Å². The number of rotatable bonds is 5. The van der Waals surface area contributed by atoms with Crippen molar-refractivity contribution in [1.82, 2.24) is 10.6 Å². The fourth-order valence-corrected chi connectivity index (χ4v) is 2.54. The highest BCUT2D eigenvalue weighted by atomic mass is 35.5. The number of carbonyl (C=O) groups excluding carboxylic acids is 2. The molecule has 1 atom stereocenters. The first-order chi connectivity index (χ1) is 9.56. The van der Waals surface area contributed by atoms with Crippen LogP contribution in [0.5, 0.6) is 0 Å². The lowest BCUT2D eigenvalue weighted by Crippen LogP contribution is -2.56. The second kappa shape index (κ2) is 7.47. The summed E-state index contributed by atoms with van der Waals surface area (Å²) in [6, 6.07) is 2.55. The van der Waals surface area contributed by atoms with Crippen LogP contribution in [0, 0.1) is 0 Å². The number of nitrogens with two attached hydrogens (primary N) is 1. The molecule has 4 N–H and O–H groups in total. The highest BCUT2D eigenvalue weighted by molar-refractivity contribution is 5.95. The molecule has 21 heavy (non-hydrogen) atoms. The summed E-state index contributed by atoms with van der Waals surface area (Å²) >= 11 is 0. The number of amides is 2. The van der Waals surface area contributed by atoms with Gasteiger partial charge in [0.25, 0.3) is 5.91 Å². The molecule has 0 radical (unpaired) electrons. The van der Waals surface area contributed by atoms with Crippen molar-refractivity contribution in [3.63, 3.8) is 0 Å². The van der Waals surface area contributed by atoms with Crippen LogP contribution in [-0.4, -0.2) is 29.9 Å². The van der Waals surface area contributed by atoms with Crippen LogP contribution in [0.4, 0.5) is 0 Å². The molecule has 0 aromatic carbocycles. The van der Waals surface area contributed by atoms with Crippen LogP contribution in [0.25, 0.3) is 0 Å². The van der Waals surface area contributed by atoms with Crippen molar-refractivity contribution < 1.29 is 14.0 Å². The van der Waals surface area contributed by atoms with Gasteiger partial charge in [-0.1, -0.05) is 12.8 Å². The van der Waals surface area contributed by atoms with Crippen LogP contribution < -0.4 is 16.4 Å². The summed E-state index contributed by atoms with van der Waals surface area (Å²) in [4.78, 5) is 24.0. The molecule has 0 saturated heterocycles. The number of halogens is 1. The molecule has 1 heterocycles. The van der Waals surface area contributed by atoms with E-state index in [0.717, 1.165) is 25.7 Å². The van der Waals surface area contributed by atoms with Crippen molar-refractivity contribution in [1.29, 1.82) is 0 Å². The van der Waals surface area contributed by atoms with Crippen LogP contribution in [0.3, 0.4) is 0 Å². The lowest BCUT2D eigenvalue weighted by molar-refractivity contribution is -0.124. The molecule has 2 rings (SSSR count). The number of hydrogen-bond acceptors (Lipinski definition) is 4. The van der Waals surface area contributed by atoms with E-state index in [-0.39, 0.29) is 29.6 Å². The molecule has 1 aromatic heterocycles. The molecule has 2 amide bonds. The Labute approximate surface area is 130 Å². The van der Waals surface area contributed by atoms with Gasteiger partial charge in [0.1, 0.15) is 6.04 Å². The fraction of sp³-hybridized carbons (Fsp3) is 0.571. The van der Waals surface area contributed by atoms with Crippen molar-refractivity contribution >= 4 is 24.2 Å². The molecule has 1 fully saturated rings. The average Bonchev–Trinajstić information content (AvgIpc) is 3.10. The number of nitrogens with one attached hydrogen (secondary N) is 2. The summed E-state index contributed by atoms with van der Waals surface area (Å²) in [7, 11) is 0. The average molecular weight is 316 g/mol. The molecule has 1 aromatic rings. The highest BCUT2D eigenvalue weighted by Gasteiger charge is 2.35. The molecular formula is C14H22ClN3O3. The van der Waals surface area contributed by atoms with E-state index in [1.54, 1.807) is 19.1 Å². The predicted octanol–water partition coefficient (Wildman–Crippen LogP) is 1.21. The van der Waals surface area contributed by atoms with Gasteiger partial charge in [0, 0.05) is 6.54 Å². The SMILES string of the molecule is CC(NC(=O)c1ccco1)C(=O)NC1(CN)CCCC1.Cl. The summed E-state index contributed by atoms with van der Waals surface area (Å²) in [6.45, 7) is 2.08. The molecule has 0 aliphatic heterocycles. The van der Waals surface area contributed by atoms with E-state index in [0.29, 0.717) is 6.54 Å². The third kappa shape index (κ3) is 4.22. The van der Waals surface area contributed by atoms with Crippen molar-refractivity contribution in [2.45, 2.75) is 44.2 Å². The minimum Gasteiger partial charge on any atom is -0.459 e. The van der Waals surface area contributed by atoms with E-state index in [9.17, 15) is 9.59 Å². The molecule has 1 saturated carbocycles. The monoisotopic (exact) mass is 315 g/mol. The lowest BCUT2D eigenvalue weighted by atomic mass is 9.97. The topological polar surface area (TPSA) is 97.4 Å². The first kappa shape index (κ1) is 17.5. The Kier molecular flexibility index (Phi) is 6.23. The van der Waals surface area contributed by atoms with Gasteiger partial charge >= 0.3 is 0 Å². The van der Waals surface area contributed by atoms with E-state index < -0.39 is 11.9 Å². The van der Waals surface area contributed by atoms with E-state index >= 15 is 0 Å². The second-order valence-electron chi connectivity index (χ2n) is 5.35. The third-order valence-electron chi connectivity index (χ3n) is 3.83. The number of furan rings is 1. The molecule has 6 nitrogen and oxygen atoms in total. The van der Waals surface area contributed by atoms with Crippen molar-refractivity contribution in [2.24, 2.45) is 5.73 Å². The summed E-state index contributed by atoms with van der Waals surface area (Å²) in [6.07, 6.45) is 5.36. The van der Waals surface area contributed by atoms with Crippen LogP contribution in [0.1, 0.15) is 43.2 Å². The van der Waals surface area contributed by atoms with Crippen LogP contribution in [-0.2, 0) is 4.79 Å². The van der Waals surface area contributed by atoms with Crippen molar-refractivity contribution in [3.8, 4) is 0 Å². The maximum Gasteiger partial charge on any atom is 0.287 e. The third-order valence-corrected chi connectivity index (χ3v) is 3.83. The molecule has 0 spiro atoms. The zero-order valence-electron chi connectivity index (χ0n) is 12.1.